The molecule has 1 atom stereocenters. The molecule has 0 aromatic heterocycles. The van der Waals surface area contributed by atoms with Crippen molar-refractivity contribution in [3.63, 3.8) is 0 Å². The number of nitrogens with zero attached hydrogens (tertiary/aromatic N) is 1. The van der Waals surface area contributed by atoms with E-state index in [1.807, 2.05) is 38.1 Å². The number of aliphatic hydroxyl groups excluding tert-OH is 1. The minimum atomic E-state index is -0.791. The highest BCUT2D eigenvalue weighted by Crippen LogP contribution is 2.33. The van der Waals surface area contributed by atoms with Crippen molar-refractivity contribution < 1.29 is 14.9 Å². The van der Waals surface area contributed by atoms with Crippen molar-refractivity contribution in [1.29, 1.82) is 0 Å². The average Bonchev–Trinajstić information content (AvgIpc) is 2.48. The average molecular weight is 328 g/mol. The molecule has 1 aromatic carbocycles. The summed E-state index contributed by atoms with van der Waals surface area (Å²) in [7, 11) is 0. The summed E-state index contributed by atoms with van der Waals surface area (Å²) in [6, 6.07) is 7.41. The van der Waals surface area contributed by atoms with Gasteiger partial charge in [0.25, 0.3) is 0 Å². The number of likely N-dealkylation sites (tertiary alicyclic amines) is 1. The van der Waals surface area contributed by atoms with Crippen LogP contribution in [0.25, 0.3) is 0 Å². The molecule has 1 heterocycles. The molecule has 1 aliphatic heterocycles. The highest BCUT2D eigenvalue weighted by atomic mass is 35.5. The van der Waals surface area contributed by atoms with E-state index in [4.69, 9.17) is 16.3 Å². The molecular weight excluding hydrogens is 302 g/mol. The number of aliphatic hydroxyl groups is 2. The number of hydrogen-bond acceptors (Lipinski definition) is 4. The molecule has 0 spiro atoms. The molecule has 22 heavy (non-hydrogen) atoms. The fraction of sp³-hybridized carbons (Fsp3) is 0.647. The van der Waals surface area contributed by atoms with E-state index in [1.165, 1.54) is 0 Å². The highest BCUT2D eigenvalue weighted by molar-refractivity contribution is 6.30. The van der Waals surface area contributed by atoms with Crippen LogP contribution in [0.1, 0.15) is 32.3 Å². The van der Waals surface area contributed by atoms with Crippen molar-refractivity contribution >= 4 is 11.6 Å². The maximum absolute atomic E-state index is 10.8. The lowest BCUT2D eigenvalue weighted by molar-refractivity contribution is -0.0479. The molecule has 1 fully saturated rings. The summed E-state index contributed by atoms with van der Waals surface area (Å²) >= 11 is 5.90. The van der Waals surface area contributed by atoms with Gasteiger partial charge in [0.1, 0.15) is 0 Å². The van der Waals surface area contributed by atoms with Crippen molar-refractivity contribution in [3.8, 4) is 0 Å². The maximum atomic E-state index is 10.8. The predicted octanol–water partition coefficient (Wildman–Crippen LogP) is 2.41. The van der Waals surface area contributed by atoms with Crippen molar-refractivity contribution in [1.82, 2.24) is 4.90 Å². The van der Waals surface area contributed by atoms with Crippen LogP contribution in [0.3, 0.4) is 0 Å². The van der Waals surface area contributed by atoms with Crippen molar-refractivity contribution in [2.45, 2.75) is 44.5 Å². The Kier molecular flexibility index (Phi) is 6.24. The zero-order chi connectivity index (χ0) is 16.2. The zero-order valence-corrected chi connectivity index (χ0v) is 14.1. The Labute approximate surface area is 137 Å². The molecule has 0 amide bonds. The minimum absolute atomic E-state index is 0.131. The Bertz CT molecular complexity index is 455. The van der Waals surface area contributed by atoms with Gasteiger partial charge in [-0.3, -0.25) is 0 Å². The number of halogens is 1. The summed E-state index contributed by atoms with van der Waals surface area (Å²) in [5, 5.41) is 21.5. The molecule has 4 nitrogen and oxygen atoms in total. The summed E-state index contributed by atoms with van der Waals surface area (Å²) < 4.78 is 5.43. The van der Waals surface area contributed by atoms with Gasteiger partial charge >= 0.3 is 0 Å². The third-order valence-corrected chi connectivity index (χ3v) is 4.41. The molecule has 0 radical (unpaired) electrons. The Morgan fingerprint density at radius 1 is 1.23 bits per heavy atom. The van der Waals surface area contributed by atoms with Gasteiger partial charge in [-0.2, -0.15) is 0 Å². The standard InChI is InChI=1S/C17H26ClNO3/c1-13(2)22-12-16(20)11-19-9-7-17(21,8-10-19)14-3-5-15(18)6-4-14/h3-6,13,16,20-21H,7-12H2,1-2H3. The minimum Gasteiger partial charge on any atom is -0.389 e. The van der Waals surface area contributed by atoms with Crippen LogP contribution in [-0.2, 0) is 10.3 Å². The summed E-state index contributed by atoms with van der Waals surface area (Å²) in [6.07, 6.45) is 0.966. The highest BCUT2D eigenvalue weighted by Gasteiger charge is 2.34. The fourth-order valence-corrected chi connectivity index (χ4v) is 2.93. The Morgan fingerprint density at radius 3 is 2.36 bits per heavy atom. The van der Waals surface area contributed by atoms with E-state index in [-0.39, 0.29) is 6.10 Å². The number of piperidine rings is 1. The van der Waals surface area contributed by atoms with Crippen LogP contribution in [-0.4, -0.2) is 53.6 Å². The van der Waals surface area contributed by atoms with Crippen LogP contribution in [0.15, 0.2) is 24.3 Å². The molecule has 0 saturated carbocycles. The van der Waals surface area contributed by atoms with Gasteiger partial charge < -0.3 is 19.8 Å². The molecule has 0 bridgehead atoms. The predicted molar refractivity (Wildman–Crippen MR) is 88.1 cm³/mol. The lowest BCUT2D eigenvalue weighted by Crippen LogP contribution is -2.45. The molecule has 2 rings (SSSR count). The van der Waals surface area contributed by atoms with Gasteiger partial charge in [0.15, 0.2) is 0 Å². The fourth-order valence-electron chi connectivity index (χ4n) is 2.81. The van der Waals surface area contributed by atoms with Gasteiger partial charge in [0.2, 0.25) is 0 Å². The molecule has 1 aliphatic rings. The van der Waals surface area contributed by atoms with Gasteiger partial charge in [-0.25, -0.2) is 0 Å². The first kappa shape index (κ1) is 17.7. The third-order valence-electron chi connectivity index (χ3n) is 4.16. The first-order valence-electron chi connectivity index (χ1n) is 7.89. The summed E-state index contributed by atoms with van der Waals surface area (Å²) in [5.41, 5.74) is 0.126. The van der Waals surface area contributed by atoms with E-state index in [0.29, 0.717) is 31.0 Å². The number of β-amino-alcohol motifs (C(OH)–C–C–N with tert-alkyl or cyclic N) is 1. The van der Waals surface area contributed by atoms with Crippen molar-refractivity contribution in [2.24, 2.45) is 0 Å². The second kappa shape index (κ2) is 7.75. The zero-order valence-electron chi connectivity index (χ0n) is 13.3. The number of hydrogen-bond donors (Lipinski definition) is 2. The lowest BCUT2D eigenvalue weighted by atomic mass is 9.84. The van der Waals surface area contributed by atoms with Gasteiger partial charge in [-0.05, 0) is 44.4 Å². The van der Waals surface area contributed by atoms with E-state index in [0.717, 1.165) is 18.7 Å². The summed E-state index contributed by atoms with van der Waals surface area (Å²) in [6.45, 7) is 6.38. The van der Waals surface area contributed by atoms with Crippen molar-refractivity contribution in [2.75, 3.05) is 26.2 Å². The third kappa shape index (κ3) is 4.93. The largest absolute Gasteiger partial charge is 0.389 e. The van der Waals surface area contributed by atoms with Crippen LogP contribution >= 0.6 is 11.6 Å². The monoisotopic (exact) mass is 327 g/mol. The van der Waals surface area contributed by atoms with Crippen LogP contribution in [0.5, 0.6) is 0 Å². The second-order valence-electron chi connectivity index (χ2n) is 6.37. The number of benzene rings is 1. The summed E-state index contributed by atoms with van der Waals surface area (Å²) in [5.74, 6) is 0. The normalized spacial score (nSPS) is 20.3. The van der Waals surface area contributed by atoms with Crippen LogP contribution in [0.2, 0.25) is 5.02 Å². The Balaban J connectivity index is 1.83. The molecule has 124 valence electrons. The van der Waals surface area contributed by atoms with E-state index < -0.39 is 11.7 Å². The lowest BCUT2D eigenvalue weighted by Gasteiger charge is -2.39. The van der Waals surface area contributed by atoms with E-state index in [1.54, 1.807) is 0 Å². The molecule has 0 aliphatic carbocycles. The SMILES string of the molecule is CC(C)OCC(O)CN1CCC(O)(c2ccc(Cl)cc2)CC1. The maximum Gasteiger partial charge on any atom is 0.0920 e. The topological polar surface area (TPSA) is 52.9 Å². The number of rotatable bonds is 6. The first-order valence-corrected chi connectivity index (χ1v) is 8.27. The number of ether oxygens (including phenoxy) is 1. The second-order valence-corrected chi connectivity index (χ2v) is 6.81. The Morgan fingerprint density at radius 2 is 1.82 bits per heavy atom. The van der Waals surface area contributed by atoms with Crippen LogP contribution < -0.4 is 0 Å². The van der Waals surface area contributed by atoms with Crippen LogP contribution in [0, 0.1) is 0 Å². The molecule has 1 aromatic rings. The summed E-state index contributed by atoms with van der Waals surface area (Å²) in [4.78, 5) is 2.18. The Hall–Kier alpha value is -0.650. The van der Waals surface area contributed by atoms with Crippen molar-refractivity contribution in [3.05, 3.63) is 34.9 Å². The van der Waals surface area contributed by atoms with E-state index in [9.17, 15) is 10.2 Å². The molecular formula is C17H26ClNO3. The van der Waals surface area contributed by atoms with Gasteiger partial charge in [0, 0.05) is 24.7 Å². The van der Waals surface area contributed by atoms with Gasteiger partial charge in [0.05, 0.1) is 24.4 Å². The molecule has 1 saturated heterocycles. The van der Waals surface area contributed by atoms with E-state index in [2.05, 4.69) is 4.90 Å². The first-order chi connectivity index (χ1) is 10.4. The van der Waals surface area contributed by atoms with Gasteiger partial charge in [-0.15, -0.1) is 0 Å². The smallest absolute Gasteiger partial charge is 0.0920 e. The van der Waals surface area contributed by atoms with Gasteiger partial charge in [-0.1, -0.05) is 23.7 Å². The molecule has 5 heteroatoms. The quantitative estimate of drug-likeness (QED) is 0.842. The van der Waals surface area contributed by atoms with Crippen LogP contribution in [0.4, 0.5) is 0 Å². The van der Waals surface area contributed by atoms with E-state index >= 15 is 0 Å². The molecule has 1 unspecified atom stereocenters. The molecule has 2 N–H and O–H groups in total.